The minimum absolute atomic E-state index is 0.990. The molecule has 0 aliphatic carbocycles. The fourth-order valence-electron chi connectivity index (χ4n) is 0.684. The number of hydrogen-bond acceptors (Lipinski definition) is 0. The first-order chi connectivity index (χ1) is 4.31. The van der Waals surface area contributed by atoms with Gasteiger partial charge in [0, 0.05) is 0 Å². The molecule has 0 nitrogen and oxygen atoms in total. The van der Waals surface area contributed by atoms with Crippen molar-refractivity contribution in [2.24, 2.45) is 0 Å². The molecule has 0 fully saturated rings. The summed E-state index contributed by atoms with van der Waals surface area (Å²) in [5, 5.41) is 0. The Morgan fingerprint density at radius 2 is 2.22 bits per heavy atom. The van der Waals surface area contributed by atoms with Crippen LogP contribution in [0.2, 0.25) is 0 Å². The third kappa shape index (κ3) is 5.35. The Morgan fingerprint density at radius 1 is 1.56 bits per heavy atom. The maximum Gasteiger partial charge on any atom is -0.00704 e. The van der Waals surface area contributed by atoms with Crippen LogP contribution in [0.15, 0.2) is 17.7 Å². The van der Waals surface area contributed by atoms with Crippen molar-refractivity contribution in [2.75, 3.05) is 0 Å². The van der Waals surface area contributed by atoms with Crippen molar-refractivity contribution in [1.29, 1.82) is 0 Å². The van der Waals surface area contributed by atoms with Gasteiger partial charge in [-0.05, 0) is 32.8 Å². The number of hydrogen-bond donors (Lipinski definition) is 0. The second kappa shape index (κ2) is 5.61. The molecule has 0 heterocycles. The van der Waals surface area contributed by atoms with Crippen molar-refractivity contribution < 1.29 is 0 Å². The van der Waals surface area contributed by atoms with Gasteiger partial charge in [0.25, 0.3) is 0 Å². The molecule has 51 valence electrons. The maximum absolute atomic E-state index is 3.14. The molecule has 0 aliphatic rings. The Morgan fingerprint density at radius 3 is 2.67 bits per heavy atom. The van der Waals surface area contributed by atoms with Crippen LogP contribution >= 0.6 is 0 Å². The Hall–Kier alpha value is -0.520. The predicted octanol–water partition coefficient (Wildman–Crippen LogP) is 3.11. The van der Waals surface area contributed by atoms with Crippen molar-refractivity contribution in [3.8, 4) is 0 Å². The van der Waals surface area contributed by atoms with Gasteiger partial charge in [0.05, 0.1) is 0 Å². The minimum atomic E-state index is 0.990. The maximum atomic E-state index is 3.14. The van der Waals surface area contributed by atoms with Gasteiger partial charge in [0.15, 0.2) is 0 Å². The monoisotopic (exact) mass is 123 g/mol. The first-order valence-electron chi connectivity index (χ1n) is 3.48. The first kappa shape index (κ1) is 8.48. The molecule has 0 atom stereocenters. The molecular formula is C9H15. The minimum Gasteiger partial charge on any atom is -0.0855 e. The topological polar surface area (TPSA) is 0 Å². The highest BCUT2D eigenvalue weighted by Gasteiger charge is 1.81. The summed E-state index contributed by atoms with van der Waals surface area (Å²) in [5.74, 6) is 0. The molecule has 0 spiro atoms. The van der Waals surface area contributed by atoms with Gasteiger partial charge in [-0.2, -0.15) is 0 Å². The third-order valence-electron chi connectivity index (χ3n) is 1.14. The second-order valence-corrected chi connectivity index (χ2v) is 2.13. The van der Waals surface area contributed by atoms with E-state index in [-0.39, 0.29) is 0 Å². The van der Waals surface area contributed by atoms with Crippen molar-refractivity contribution in [3.63, 3.8) is 0 Å². The molecule has 0 aliphatic heterocycles. The summed E-state index contributed by atoms with van der Waals surface area (Å²) in [5.41, 5.74) is 1.41. The van der Waals surface area contributed by atoms with Crippen LogP contribution in [0.3, 0.4) is 0 Å². The molecular weight excluding hydrogens is 108 g/mol. The number of rotatable bonds is 3. The highest BCUT2D eigenvalue weighted by atomic mass is 13.9. The molecule has 0 aromatic heterocycles. The molecule has 0 amide bonds. The summed E-state index contributed by atoms with van der Waals surface area (Å²) in [7, 11) is 0. The average molecular weight is 123 g/mol. The summed E-state index contributed by atoms with van der Waals surface area (Å²) >= 11 is 0. The Labute approximate surface area is 58.3 Å². The van der Waals surface area contributed by atoms with Gasteiger partial charge in [-0.25, -0.2) is 0 Å². The van der Waals surface area contributed by atoms with Crippen LogP contribution < -0.4 is 0 Å². The molecule has 1 radical (unpaired) electrons. The zero-order valence-corrected chi connectivity index (χ0v) is 6.57. The van der Waals surface area contributed by atoms with Crippen LogP contribution in [0, 0.1) is 6.08 Å². The van der Waals surface area contributed by atoms with Crippen molar-refractivity contribution in [2.45, 2.75) is 33.6 Å². The number of allylic oxidation sites excluding steroid dienone is 4. The third-order valence-corrected chi connectivity index (χ3v) is 1.14. The fourth-order valence-corrected chi connectivity index (χ4v) is 0.684. The van der Waals surface area contributed by atoms with Gasteiger partial charge in [-0.1, -0.05) is 24.6 Å². The van der Waals surface area contributed by atoms with Gasteiger partial charge in [0.2, 0.25) is 0 Å². The largest absolute Gasteiger partial charge is 0.0855 e. The zero-order valence-electron chi connectivity index (χ0n) is 6.57. The molecule has 0 saturated heterocycles. The summed E-state index contributed by atoms with van der Waals surface area (Å²) in [6.45, 7) is 6.29. The van der Waals surface area contributed by atoms with E-state index in [1.165, 1.54) is 5.57 Å². The van der Waals surface area contributed by atoms with Crippen LogP contribution in [-0.2, 0) is 0 Å². The standard InChI is InChI=1S/C9H15/c1-4-6-8-9(3)7-5-2/h4,7H,5,8H2,1-3H3. The van der Waals surface area contributed by atoms with E-state index >= 15 is 0 Å². The van der Waals surface area contributed by atoms with Gasteiger partial charge in [-0.3, -0.25) is 0 Å². The van der Waals surface area contributed by atoms with Crippen LogP contribution in [0.4, 0.5) is 0 Å². The Balaban J connectivity index is 3.49. The van der Waals surface area contributed by atoms with E-state index in [0.717, 1.165) is 12.8 Å². The lowest BCUT2D eigenvalue weighted by atomic mass is 10.2. The van der Waals surface area contributed by atoms with Gasteiger partial charge in [0.1, 0.15) is 0 Å². The van der Waals surface area contributed by atoms with E-state index in [0.29, 0.717) is 0 Å². The SMILES string of the molecule is C/C=[C]/CC(C)=CCC. The van der Waals surface area contributed by atoms with Crippen molar-refractivity contribution in [1.82, 2.24) is 0 Å². The summed E-state index contributed by atoms with van der Waals surface area (Å²) in [6.07, 6.45) is 9.46. The van der Waals surface area contributed by atoms with E-state index in [1.54, 1.807) is 0 Å². The molecule has 0 aromatic carbocycles. The second-order valence-electron chi connectivity index (χ2n) is 2.13. The fraction of sp³-hybridized carbons (Fsp3) is 0.556. The van der Waals surface area contributed by atoms with Gasteiger partial charge < -0.3 is 0 Å². The normalized spacial score (nSPS) is 13.0. The lowest BCUT2D eigenvalue weighted by Gasteiger charge is -1.90. The van der Waals surface area contributed by atoms with Crippen molar-refractivity contribution >= 4 is 0 Å². The summed E-state index contributed by atoms with van der Waals surface area (Å²) < 4.78 is 0. The van der Waals surface area contributed by atoms with E-state index in [2.05, 4.69) is 26.0 Å². The molecule has 0 heteroatoms. The van der Waals surface area contributed by atoms with E-state index in [9.17, 15) is 0 Å². The molecule has 0 saturated carbocycles. The smallest absolute Gasteiger partial charge is 0.00704 e. The van der Waals surface area contributed by atoms with E-state index in [1.807, 2.05) is 13.0 Å². The predicted molar refractivity (Wildman–Crippen MR) is 42.2 cm³/mol. The van der Waals surface area contributed by atoms with Crippen LogP contribution in [0.1, 0.15) is 33.6 Å². The van der Waals surface area contributed by atoms with Gasteiger partial charge in [-0.15, -0.1) is 0 Å². The Kier molecular flexibility index (Phi) is 5.29. The highest BCUT2D eigenvalue weighted by Crippen LogP contribution is 2.00. The quantitative estimate of drug-likeness (QED) is 0.506. The van der Waals surface area contributed by atoms with Gasteiger partial charge >= 0.3 is 0 Å². The molecule has 0 bridgehead atoms. The van der Waals surface area contributed by atoms with E-state index in [4.69, 9.17) is 0 Å². The highest BCUT2D eigenvalue weighted by molar-refractivity contribution is 5.00. The molecule has 0 unspecified atom stereocenters. The lowest BCUT2D eigenvalue weighted by molar-refractivity contribution is 1.10. The van der Waals surface area contributed by atoms with Crippen molar-refractivity contribution in [3.05, 3.63) is 23.8 Å². The molecule has 0 rings (SSSR count). The summed E-state index contributed by atoms with van der Waals surface area (Å²) in [4.78, 5) is 0. The van der Waals surface area contributed by atoms with Crippen LogP contribution in [-0.4, -0.2) is 0 Å². The zero-order chi connectivity index (χ0) is 7.11. The van der Waals surface area contributed by atoms with E-state index < -0.39 is 0 Å². The van der Waals surface area contributed by atoms with Crippen LogP contribution in [0.5, 0.6) is 0 Å². The summed E-state index contributed by atoms with van der Waals surface area (Å²) in [6, 6.07) is 0. The Bertz CT molecular complexity index is 107. The van der Waals surface area contributed by atoms with Crippen LogP contribution in [0.25, 0.3) is 0 Å². The average Bonchev–Trinajstić information content (AvgIpc) is 1.85. The molecule has 0 aromatic rings. The first-order valence-corrected chi connectivity index (χ1v) is 3.48. The lowest BCUT2D eigenvalue weighted by Crippen LogP contribution is -1.71. The molecule has 9 heavy (non-hydrogen) atoms. The molecule has 0 N–H and O–H groups in total.